The van der Waals surface area contributed by atoms with Crippen molar-refractivity contribution in [1.29, 1.82) is 0 Å². The molecule has 0 radical (unpaired) electrons. The van der Waals surface area contributed by atoms with Gasteiger partial charge in [0, 0.05) is 5.69 Å². The predicted octanol–water partition coefficient (Wildman–Crippen LogP) is 2.85. The molecule has 0 atom stereocenters. The van der Waals surface area contributed by atoms with Gasteiger partial charge in [0.2, 0.25) is 0 Å². The van der Waals surface area contributed by atoms with Crippen LogP contribution in [-0.4, -0.2) is 20.1 Å². The van der Waals surface area contributed by atoms with Crippen molar-refractivity contribution in [1.82, 2.24) is 0 Å². The number of nitrogen functional groups attached to an aromatic ring is 1. The van der Waals surface area contributed by atoms with Crippen molar-refractivity contribution in [3.63, 3.8) is 0 Å². The maximum Gasteiger partial charge on any atom is 0.259 e. The Morgan fingerprint density at radius 1 is 1.05 bits per heavy atom. The zero-order valence-corrected chi connectivity index (χ0v) is 12.3. The number of amides is 1. The molecule has 0 aliphatic carbocycles. The zero-order valence-electron chi connectivity index (χ0n) is 12.3. The van der Waals surface area contributed by atoms with Gasteiger partial charge in [0.25, 0.3) is 5.91 Å². The van der Waals surface area contributed by atoms with Crippen LogP contribution in [0, 0.1) is 6.92 Å². The fourth-order valence-electron chi connectivity index (χ4n) is 2.01. The number of nitrogens with two attached hydrogens (primary N) is 1. The Balaban J connectivity index is 2.34. The molecule has 2 aromatic rings. The van der Waals surface area contributed by atoms with E-state index in [2.05, 4.69) is 5.32 Å². The molecule has 0 bridgehead atoms. The van der Waals surface area contributed by atoms with Crippen molar-refractivity contribution in [3.8, 4) is 11.5 Å². The van der Waals surface area contributed by atoms with Gasteiger partial charge in [0.1, 0.15) is 11.5 Å². The number of nitrogens with one attached hydrogen (secondary N) is 1. The van der Waals surface area contributed by atoms with Crippen molar-refractivity contribution in [3.05, 3.63) is 47.5 Å². The molecule has 5 heteroatoms. The summed E-state index contributed by atoms with van der Waals surface area (Å²) in [6, 6.07) is 10.5. The van der Waals surface area contributed by atoms with Crippen molar-refractivity contribution in [2.24, 2.45) is 0 Å². The highest BCUT2D eigenvalue weighted by Gasteiger charge is 2.14. The molecule has 0 heterocycles. The number of carbonyl (C=O) groups is 1. The van der Waals surface area contributed by atoms with E-state index < -0.39 is 0 Å². The smallest absolute Gasteiger partial charge is 0.259 e. The second-order valence-electron chi connectivity index (χ2n) is 4.62. The lowest BCUT2D eigenvalue weighted by Crippen LogP contribution is -2.14. The third-order valence-electron chi connectivity index (χ3n) is 3.07. The van der Waals surface area contributed by atoms with E-state index in [4.69, 9.17) is 15.2 Å². The maximum atomic E-state index is 12.4. The van der Waals surface area contributed by atoms with E-state index in [1.807, 2.05) is 13.0 Å². The third-order valence-corrected chi connectivity index (χ3v) is 3.07. The fraction of sp³-hybridized carbons (Fsp3) is 0.188. The lowest BCUT2D eigenvalue weighted by atomic mass is 10.1. The molecule has 0 fully saturated rings. The van der Waals surface area contributed by atoms with E-state index in [0.717, 1.165) is 5.56 Å². The van der Waals surface area contributed by atoms with Gasteiger partial charge in [0.05, 0.1) is 25.5 Å². The molecule has 110 valence electrons. The van der Waals surface area contributed by atoms with Gasteiger partial charge in [-0.1, -0.05) is 11.6 Å². The predicted molar refractivity (Wildman–Crippen MR) is 83.1 cm³/mol. The molecule has 2 rings (SSSR count). The standard InChI is InChI=1S/C16H18N2O3/c1-10-4-6-14(20-2)12(8-10)16(19)18-13-9-11(17)5-7-15(13)21-3/h4-9H,17H2,1-3H3,(H,18,19). The van der Waals surface area contributed by atoms with Gasteiger partial charge >= 0.3 is 0 Å². The van der Waals surface area contributed by atoms with Crippen molar-refractivity contribution >= 4 is 17.3 Å². The minimum Gasteiger partial charge on any atom is -0.496 e. The molecular formula is C16H18N2O3. The van der Waals surface area contributed by atoms with Crippen LogP contribution in [0.4, 0.5) is 11.4 Å². The minimum absolute atomic E-state index is 0.278. The highest BCUT2D eigenvalue weighted by atomic mass is 16.5. The van der Waals surface area contributed by atoms with Crippen molar-refractivity contribution in [2.45, 2.75) is 6.92 Å². The molecule has 0 unspecified atom stereocenters. The van der Waals surface area contributed by atoms with Crippen LogP contribution in [0.25, 0.3) is 0 Å². The van der Waals surface area contributed by atoms with Gasteiger partial charge in [-0.25, -0.2) is 0 Å². The number of hydrogen-bond donors (Lipinski definition) is 2. The second kappa shape index (κ2) is 6.17. The highest BCUT2D eigenvalue weighted by Crippen LogP contribution is 2.28. The monoisotopic (exact) mass is 286 g/mol. The van der Waals surface area contributed by atoms with Gasteiger partial charge in [-0.05, 0) is 37.3 Å². The normalized spacial score (nSPS) is 10.0. The summed E-state index contributed by atoms with van der Waals surface area (Å²) in [4.78, 5) is 12.4. The number of benzene rings is 2. The fourth-order valence-corrected chi connectivity index (χ4v) is 2.01. The molecule has 2 aromatic carbocycles. The number of rotatable bonds is 4. The van der Waals surface area contributed by atoms with Crippen LogP contribution in [0.15, 0.2) is 36.4 Å². The van der Waals surface area contributed by atoms with Gasteiger partial charge < -0.3 is 20.5 Å². The van der Waals surface area contributed by atoms with E-state index in [1.54, 1.807) is 30.3 Å². The van der Waals surface area contributed by atoms with Gasteiger partial charge in [-0.2, -0.15) is 0 Å². The van der Waals surface area contributed by atoms with E-state index in [0.29, 0.717) is 28.4 Å². The first-order valence-corrected chi connectivity index (χ1v) is 6.44. The molecule has 0 saturated heterocycles. The molecule has 0 aromatic heterocycles. The summed E-state index contributed by atoms with van der Waals surface area (Å²) in [7, 11) is 3.07. The number of hydrogen-bond acceptors (Lipinski definition) is 4. The Labute approximate surface area is 123 Å². The van der Waals surface area contributed by atoms with Crippen LogP contribution in [0.5, 0.6) is 11.5 Å². The first-order chi connectivity index (χ1) is 10.0. The van der Waals surface area contributed by atoms with Crippen LogP contribution >= 0.6 is 0 Å². The summed E-state index contributed by atoms with van der Waals surface area (Å²) >= 11 is 0. The van der Waals surface area contributed by atoms with Gasteiger partial charge in [-0.3, -0.25) is 4.79 Å². The van der Waals surface area contributed by atoms with Gasteiger partial charge in [-0.15, -0.1) is 0 Å². The summed E-state index contributed by atoms with van der Waals surface area (Å²) in [5, 5.41) is 2.80. The van der Waals surface area contributed by atoms with Crippen LogP contribution in [-0.2, 0) is 0 Å². The summed E-state index contributed by atoms with van der Waals surface area (Å²) in [5.74, 6) is 0.782. The number of ether oxygens (including phenoxy) is 2. The molecule has 5 nitrogen and oxygen atoms in total. The zero-order chi connectivity index (χ0) is 15.4. The lowest BCUT2D eigenvalue weighted by Gasteiger charge is -2.13. The Bertz CT molecular complexity index is 669. The Hall–Kier alpha value is -2.69. The third kappa shape index (κ3) is 3.25. The Morgan fingerprint density at radius 3 is 2.38 bits per heavy atom. The van der Waals surface area contributed by atoms with Crippen LogP contribution in [0.1, 0.15) is 15.9 Å². The molecule has 0 aliphatic heterocycles. The molecule has 3 N–H and O–H groups in total. The van der Waals surface area contributed by atoms with Crippen LogP contribution < -0.4 is 20.5 Å². The van der Waals surface area contributed by atoms with Gasteiger partial charge in [0.15, 0.2) is 0 Å². The number of methoxy groups -OCH3 is 2. The van der Waals surface area contributed by atoms with Crippen LogP contribution in [0.3, 0.4) is 0 Å². The summed E-state index contributed by atoms with van der Waals surface area (Å²) < 4.78 is 10.4. The van der Waals surface area contributed by atoms with Crippen molar-refractivity contribution < 1.29 is 14.3 Å². The summed E-state index contributed by atoms with van der Waals surface area (Å²) in [6.45, 7) is 1.91. The molecule has 21 heavy (non-hydrogen) atoms. The minimum atomic E-state index is -0.278. The molecule has 0 aliphatic rings. The molecule has 0 spiro atoms. The Morgan fingerprint density at radius 2 is 1.71 bits per heavy atom. The molecule has 1 amide bonds. The summed E-state index contributed by atoms with van der Waals surface area (Å²) in [6.07, 6.45) is 0. The van der Waals surface area contributed by atoms with Crippen molar-refractivity contribution in [2.75, 3.05) is 25.3 Å². The van der Waals surface area contributed by atoms with E-state index in [1.165, 1.54) is 14.2 Å². The molecule has 0 saturated carbocycles. The Kier molecular flexibility index (Phi) is 4.33. The second-order valence-corrected chi connectivity index (χ2v) is 4.62. The lowest BCUT2D eigenvalue weighted by molar-refractivity contribution is 0.102. The first-order valence-electron chi connectivity index (χ1n) is 6.44. The average Bonchev–Trinajstić information content (AvgIpc) is 2.47. The van der Waals surface area contributed by atoms with Crippen LogP contribution in [0.2, 0.25) is 0 Å². The average molecular weight is 286 g/mol. The summed E-state index contributed by atoms with van der Waals surface area (Å²) in [5.41, 5.74) is 8.24. The number of anilines is 2. The van der Waals surface area contributed by atoms with E-state index >= 15 is 0 Å². The SMILES string of the molecule is COc1ccc(N)cc1NC(=O)c1cc(C)ccc1OC. The highest BCUT2D eigenvalue weighted by molar-refractivity contribution is 6.07. The quantitative estimate of drug-likeness (QED) is 0.848. The van der Waals surface area contributed by atoms with E-state index in [9.17, 15) is 4.79 Å². The number of carbonyl (C=O) groups excluding carboxylic acids is 1. The molecular weight excluding hydrogens is 268 g/mol. The maximum absolute atomic E-state index is 12.4. The van der Waals surface area contributed by atoms with E-state index in [-0.39, 0.29) is 5.91 Å². The first kappa shape index (κ1) is 14.7. The number of aryl methyl sites for hydroxylation is 1. The topological polar surface area (TPSA) is 73.6 Å². The largest absolute Gasteiger partial charge is 0.496 e.